The topological polar surface area (TPSA) is 47.0 Å². The van der Waals surface area contributed by atoms with Gasteiger partial charge in [0.05, 0.1) is 0 Å². The zero-order chi connectivity index (χ0) is 11.0. The van der Waals surface area contributed by atoms with E-state index in [1.807, 2.05) is 0 Å². The van der Waals surface area contributed by atoms with Crippen molar-refractivity contribution < 1.29 is 21.6 Å². The average molecular weight is 245 g/mol. The molecule has 8 heteroatoms. The van der Waals surface area contributed by atoms with E-state index in [9.17, 15) is 21.6 Å². The molecule has 0 amide bonds. The maximum atomic E-state index is 12.0. The summed E-state index contributed by atoms with van der Waals surface area (Å²) in [6, 6.07) is 0. The monoisotopic (exact) mass is 245 g/mol. The van der Waals surface area contributed by atoms with Crippen LogP contribution in [0.5, 0.6) is 0 Å². The van der Waals surface area contributed by atoms with Crippen LogP contribution < -0.4 is 0 Å². The lowest BCUT2D eigenvalue weighted by molar-refractivity contribution is -0.140. The van der Waals surface area contributed by atoms with Gasteiger partial charge in [0.1, 0.15) is 10.8 Å². The lowest BCUT2D eigenvalue weighted by Gasteiger charge is -1.99. The van der Waals surface area contributed by atoms with Gasteiger partial charge in [-0.1, -0.05) is 0 Å². The molecule has 0 aliphatic carbocycles. The molecule has 0 aromatic carbocycles. The Hall–Kier alpha value is -0.630. The van der Waals surface area contributed by atoms with Crippen molar-refractivity contribution >= 4 is 21.2 Å². The zero-order valence-electron chi connectivity index (χ0n) is 7.00. The fraction of sp³-hybridized carbons (Fsp3) is 0.500. The number of hydrogen-bond acceptors (Lipinski definition) is 4. The molecule has 0 fully saturated rings. The third kappa shape index (κ3) is 3.26. The quantitative estimate of drug-likeness (QED) is 0.796. The Bertz CT molecular complexity index is 421. The van der Waals surface area contributed by atoms with Gasteiger partial charge in [0.15, 0.2) is 15.5 Å². The fourth-order valence-electron chi connectivity index (χ4n) is 0.732. The van der Waals surface area contributed by atoms with Crippen LogP contribution in [0.3, 0.4) is 0 Å². The van der Waals surface area contributed by atoms with Gasteiger partial charge < -0.3 is 0 Å². The Morgan fingerprint density at radius 2 is 2.07 bits per heavy atom. The van der Waals surface area contributed by atoms with Crippen LogP contribution in [0.1, 0.15) is 10.7 Å². The number of aromatic nitrogens is 1. The van der Waals surface area contributed by atoms with Crippen LogP contribution in [-0.2, 0) is 21.8 Å². The molecule has 0 radical (unpaired) electrons. The summed E-state index contributed by atoms with van der Waals surface area (Å²) < 4.78 is 57.6. The Morgan fingerprint density at radius 3 is 2.43 bits per heavy atom. The first-order chi connectivity index (χ1) is 6.18. The number of alkyl halides is 3. The molecular weight excluding hydrogens is 239 g/mol. The van der Waals surface area contributed by atoms with E-state index in [1.165, 1.54) is 0 Å². The molecule has 0 aliphatic rings. The van der Waals surface area contributed by atoms with Crippen LogP contribution in [-0.4, -0.2) is 19.7 Å². The lowest BCUT2D eigenvalue weighted by atomic mass is 10.5. The standard InChI is InChI=1S/C6H6F3NO2S2/c1-14(11,12)3-5-10-4(2-13-5)6(7,8)9/h2H,3H2,1H3. The summed E-state index contributed by atoms with van der Waals surface area (Å²) in [4.78, 5) is 3.18. The van der Waals surface area contributed by atoms with Gasteiger partial charge in [0, 0.05) is 11.6 Å². The molecule has 0 aliphatic heterocycles. The Balaban J connectivity index is 2.90. The van der Waals surface area contributed by atoms with Crippen LogP contribution in [0.4, 0.5) is 13.2 Å². The minimum atomic E-state index is -4.51. The van der Waals surface area contributed by atoms with E-state index < -0.39 is 27.5 Å². The largest absolute Gasteiger partial charge is 0.434 e. The molecule has 1 aromatic rings. The number of rotatable bonds is 2. The van der Waals surface area contributed by atoms with Gasteiger partial charge in [-0.25, -0.2) is 13.4 Å². The van der Waals surface area contributed by atoms with Crippen molar-refractivity contribution in [3.05, 3.63) is 16.1 Å². The normalized spacial score (nSPS) is 13.1. The minimum absolute atomic E-state index is 0.0418. The minimum Gasteiger partial charge on any atom is -0.236 e. The number of sulfone groups is 1. The maximum Gasteiger partial charge on any atom is 0.434 e. The Labute approximate surface area is 82.5 Å². The molecule has 0 unspecified atom stereocenters. The van der Waals surface area contributed by atoms with E-state index in [2.05, 4.69) is 4.98 Å². The van der Waals surface area contributed by atoms with Gasteiger partial charge in [0.25, 0.3) is 0 Å². The smallest absolute Gasteiger partial charge is 0.236 e. The average Bonchev–Trinajstić information content (AvgIpc) is 2.29. The van der Waals surface area contributed by atoms with Gasteiger partial charge >= 0.3 is 6.18 Å². The van der Waals surface area contributed by atoms with Crippen molar-refractivity contribution in [3.8, 4) is 0 Å². The van der Waals surface area contributed by atoms with Crippen LogP contribution in [0.15, 0.2) is 5.38 Å². The van der Waals surface area contributed by atoms with E-state index in [0.717, 1.165) is 11.6 Å². The highest BCUT2D eigenvalue weighted by Crippen LogP contribution is 2.30. The highest BCUT2D eigenvalue weighted by molar-refractivity contribution is 7.90. The summed E-state index contributed by atoms with van der Waals surface area (Å²) in [5.74, 6) is -0.451. The molecule has 0 saturated carbocycles. The number of thiazole rings is 1. The fourth-order valence-corrected chi connectivity index (χ4v) is 2.74. The van der Waals surface area contributed by atoms with E-state index in [0.29, 0.717) is 11.3 Å². The van der Waals surface area contributed by atoms with Gasteiger partial charge in [-0.2, -0.15) is 13.2 Å². The lowest BCUT2D eigenvalue weighted by Crippen LogP contribution is -2.06. The van der Waals surface area contributed by atoms with E-state index in [4.69, 9.17) is 0 Å². The summed E-state index contributed by atoms with van der Waals surface area (Å²) in [5, 5.41) is 0.764. The molecular formula is C6H6F3NO2S2. The number of nitrogens with zero attached hydrogens (tertiary/aromatic N) is 1. The van der Waals surface area contributed by atoms with Crippen LogP contribution in [0, 0.1) is 0 Å². The molecule has 1 rings (SSSR count). The van der Waals surface area contributed by atoms with Crippen molar-refractivity contribution in [2.75, 3.05) is 6.26 Å². The molecule has 0 bridgehead atoms. The van der Waals surface area contributed by atoms with Crippen molar-refractivity contribution in [2.24, 2.45) is 0 Å². The van der Waals surface area contributed by atoms with Crippen LogP contribution in [0.25, 0.3) is 0 Å². The second-order valence-corrected chi connectivity index (χ2v) is 5.78. The van der Waals surface area contributed by atoms with Gasteiger partial charge in [-0.05, 0) is 0 Å². The van der Waals surface area contributed by atoms with Crippen molar-refractivity contribution in [2.45, 2.75) is 11.9 Å². The van der Waals surface area contributed by atoms with Crippen LogP contribution >= 0.6 is 11.3 Å². The van der Waals surface area contributed by atoms with Gasteiger partial charge in [0.2, 0.25) is 0 Å². The predicted octanol–water partition coefficient (Wildman–Crippen LogP) is 1.71. The first-order valence-electron chi connectivity index (χ1n) is 3.38. The van der Waals surface area contributed by atoms with Crippen LogP contribution in [0.2, 0.25) is 0 Å². The second kappa shape index (κ2) is 3.50. The highest BCUT2D eigenvalue weighted by atomic mass is 32.2. The Kier molecular flexibility index (Phi) is 2.86. The van der Waals surface area contributed by atoms with Crippen molar-refractivity contribution in [3.63, 3.8) is 0 Å². The number of hydrogen-bond donors (Lipinski definition) is 0. The van der Waals surface area contributed by atoms with E-state index in [-0.39, 0.29) is 5.01 Å². The summed E-state index contributed by atoms with van der Waals surface area (Å²) in [7, 11) is -3.33. The predicted molar refractivity (Wildman–Crippen MR) is 45.7 cm³/mol. The molecule has 0 saturated heterocycles. The van der Waals surface area contributed by atoms with Crippen molar-refractivity contribution in [1.29, 1.82) is 0 Å². The Morgan fingerprint density at radius 1 is 1.50 bits per heavy atom. The third-order valence-corrected chi connectivity index (χ3v) is 3.06. The highest BCUT2D eigenvalue weighted by Gasteiger charge is 2.33. The number of halogens is 3. The SMILES string of the molecule is CS(=O)(=O)Cc1nc(C(F)(F)F)cs1. The molecule has 3 nitrogen and oxygen atoms in total. The molecule has 0 N–H and O–H groups in total. The van der Waals surface area contributed by atoms with E-state index in [1.54, 1.807) is 0 Å². The van der Waals surface area contributed by atoms with E-state index >= 15 is 0 Å². The first kappa shape index (κ1) is 11.4. The third-order valence-electron chi connectivity index (χ3n) is 1.23. The molecule has 0 spiro atoms. The molecule has 80 valence electrons. The van der Waals surface area contributed by atoms with Gasteiger partial charge in [-0.3, -0.25) is 0 Å². The molecule has 14 heavy (non-hydrogen) atoms. The first-order valence-corrected chi connectivity index (χ1v) is 6.32. The zero-order valence-corrected chi connectivity index (χ0v) is 8.63. The molecule has 1 heterocycles. The van der Waals surface area contributed by atoms with Crippen molar-refractivity contribution in [1.82, 2.24) is 4.98 Å². The second-order valence-electron chi connectivity index (χ2n) is 2.69. The summed E-state index contributed by atoms with van der Waals surface area (Å²) >= 11 is 0.693. The molecule has 1 aromatic heterocycles. The summed E-state index contributed by atoms with van der Waals surface area (Å²) in [5.41, 5.74) is -1.04. The van der Waals surface area contributed by atoms with Gasteiger partial charge in [-0.15, -0.1) is 11.3 Å². The molecule has 0 atom stereocenters. The summed E-state index contributed by atoms with van der Waals surface area (Å²) in [6.07, 6.45) is -3.56. The maximum absolute atomic E-state index is 12.0. The summed E-state index contributed by atoms with van der Waals surface area (Å²) in [6.45, 7) is 0.